The molecule has 2 heterocycles. The lowest BCUT2D eigenvalue weighted by atomic mass is 10.0. The van der Waals surface area contributed by atoms with E-state index in [1.165, 1.54) is 6.07 Å². The molecule has 0 aliphatic carbocycles. The summed E-state index contributed by atoms with van der Waals surface area (Å²) in [4.78, 5) is 11.6. The fourth-order valence-corrected chi connectivity index (χ4v) is 8.44. The van der Waals surface area contributed by atoms with Crippen LogP contribution < -0.4 is 10.0 Å². The van der Waals surface area contributed by atoms with Gasteiger partial charge in [0.05, 0.1) is 5.25 Å². The average molecular weight is 455 g/mol. The molecule has 160 valence electrons. The maximum Gasteiger partial charge on any atom is 0.273 e. The zero-order valence-electron chi connectivity index (χ0n) is 16.0. The average Bonchev–Trinajstić information content (AvgIpc) is 3.06. The van der Waals surface area contributed by atoms with E-state index >= 15 is 0 Å². The third-order valence-electron chi connectivity index (χ3n) is 4.48. The molecule has 0 aromatic carbocycles. The van der Waals surface area contributed by atoms with Gasteiger partial charge in [-0.25, -0.2) is 21.6 Å². The molecule has 0 radical (unpaired) electrons. The number of thiophene rings is 1. The van der Waals surface area contributed by atoms with Crippen molar-refractivity contribution in [2.24, 2.45) is 0 Å². The minimum absolute atomic E-state index is 0.0111. The van der Waals surface area contributed by atoms with Crippen LogP contribution in [-0.2, 0) is 29.4 Å². The molecule has 9 nitrogen and oxygen atoms in total. The highest BCUT2D eigenvalue weighted by molar-refractivity contribution is 7.95. The molecule has 1 aliphatic heterocycles. The van der Waals surface area contributed by atoms with Gasteiger partial charge in [0.15, 0.2) is 9.84 Å². The summed E-state index contributed by atoms with van der Waals surface area (Å²) < 4.78 is 57.5. The Kier molecular flexibility index (Phi) is 7.62. The smallest absolute Gasteiger partial charge is 0.273 e. The van der Waals surface area contributed by atoms with Crippen molar-refractivity contribution in [1.29, 1.82) is 0 Å². The van der Waals surface area contributed by atoms with E-state index in [9.17, 15) is 26.7 Å². The lowest BCUT2D eigenvalue weighted by Crippen LogP contribution is -2.36. The number of amides is 1. The Morgan fingerprint density at radius 3 is 2.71 bits per heavy atom. The number of ether oxygens (including phenoxy) is 1. The third kappa shape index (κ3) is 4.92. The first-order valence-electron chi connectivity index (χ1n) is 8.89. The second kappa shape index (κ2) is 9.18. The molecule has 12 heteroatoms. The normalized spacial score (nSPS) is 22.4. The van der Waals surface area contributed by atoms with Crippen LogP contribution in [0, 0.1) is 0 Å². The lowest BCUT2D eigenvalue weighted by molar-refractivity contribution is -0.126. The Labute approximate surface area is 169 Å². The van der Waals surface area contributed by atoms with Gasteiger partial charge < -0.3 is 15.2 Å². The SMILES string of the molecule is CCN[C@H]1CC(CCCOC)S(=O)(=O)c2sc(S(=O)(=O)NC(=O)[C@H](C)O)cc21. The van der Waals surface area contributed by atoms with Crippen LogP contribution in [-0.4, -0.2) is 59.5 Å². The Morgan fingerprint density at radius 2 is 2.14 bits per heavy atom. The third-order valence-corrected chi connectivity index (χ3v) is 10.2. The highest BCUT2D eigenvalue weighted by atomic mass is 32.3. The highest BCUT2D eigenvalue weighted by Crippen LogP contribution is 2.43. The van der Waals surface area contributed by atoms with Crippen LogP contribution in [0.5, 0.6) is 0 Å². The fourth-order valence-electron chi connectivity index (χ4n) is 3.07. The van der Waals surface area contributed by atoms with E-state index in [1.807, 2.05) is 6.92 Å². The number of aliphatic hydroxyl groups excluding tert-OH is 1. The number of carbonyl (C=O) groups excluding carboxylic acids is 1. The first-order valence-corrected chi connectivity index (χ1v) is 12.7. The molecule has 3 atom stereocenters. The molecule has 1 aliphatic rings. The summed E-state index contributed by atoms with van der Waals surface area (Å²) in [5.74, 6) is -1.07. The van der Waals surface area contributed by atoms with Crippen LogP contribution in [0.1, 0.15) is 44.7 Å². The van der Waals surface area contributed by atoms with Crippen molar-refractivity contribution in [1.82, 2.24) is 10.0 Å². The maximum atomic E-state index is 13.0. The number of fused-ring (bicyclic) bond motifs is 1. The first kappa shape index (κ1) is 23.2. The number of methoxy groups -OCH3 is 1. The van der Waals surface area contributed by atoms with E-state index in [0.29, 0.717) is 49.3 Å². The number of sulfone groups is 1. The van der Waals surface area contributed by atoms with Gasteiger partial charge in [-0.1, -0.05) is 6.92 Å². The molecule has 0 saturated carbocycles. The molecule has 28 heavy (non-hydrogen) atoms. The van der Waals surface area contributed by atoms with Crippen molar-refractivity contribution in [3.8, 4) is 0 Å². The summed E-state index contributed by atoms with van der Waals surface area (Å²) in [7, 11) is -6.43. The topological polar surface area (TPSA) is 139 Å². The maximum absolute atomic E-state index is 13.0. The molecule has 1 aromatic heterocycles. The number of hydrogen-bond donors (Lipinski definition) is 3. The predicted molar refractivity (Wildman–Crippen MR) is 104 cm³/mol. The Hall–Kier alpha value is -1.05. The van der Waals surface area contributed by atoms with Crippen molar-refractivity contribution >= 4 is 37.1 Å². The molecular weight excluding hydrogens is 428 g/mol. The van der Waals surface area contributed by atoms with E-state index in [1.54, 1.807) is 11.8 Å². The second-order valence-electron chi connectivity index (χ2n) is 6.60. The molecule has 0 fully saturated rings. The Morgan fingerprint density at radius 1 is 1.46 bits per heavy atom. The van der Waals surface area contributed by atoms with E-state index in [4.69, 9.17) is 4.74 Å². The largest absolute Gasteiger partial charge is 0.385 e. The molecule has 3 N–H and O–H groups in total. The molecule has 1 unspecified atom stereocenters. The summed E-state index contributed by atoms with van der Waals surface area (Å²) in [6.07, 6.45) is -0.178. The molecule has 1 aromatic rings. The Bertz CT molecular complexity index is 907. The van der Waals surface area contributed by atoms with E-state index in [0.717, 1.165) is 6.92 Å². The van der Waals surface area contributed by atoms with Crippen LogP contribution in [0.15, 0.2) is 14.5 Å². The van der Waals surface area contributed by atoms with Crippen LogP contribution in [0.4, 0.5) is 0 Å². The second-order valence-corrected chi connectivity index (χ2v) is 12.0. The van der Waals surface area contributed by atoms with E-state index in [-0.39, 0.29) is 14.5 Å². The quantitative estimate of drug-likeness (QED) is 0.460. The van der Waals surface area contributed by atoms with Gasteiger partial charge in [-0.05, 0) is 38.8 Å². The van der Waals surface area contributed by atoms with E-state index in [2.05, 4.69) is 5.32 Å². The van der Waals surface area contributed by atoms with Crippen molar-refractivity contribution in [2.75, 3.05) is 20.3 Å². The predicted octanol–water partition coefficient (Wildman–Crippen LogP) is 0.557. The summed E-state index contributed by atoms with van der Waals surface area (Å²) in [6.45, 7) is 4.06. The van der Waals surface area contributed by atoms with Crippen molar-refractivity contribution in [3.63, 3.8) is 0 Å². The summed E-state index contributed by atoms with van der Waals surface area (Å²) in [5, 5.41) is 11.8. The summed E-state index contributed by atoms with van der Waals surface area (Å²) >= 11 is 0.632. The van der Waals surface area contributed by atoms with Crippen molar-refractivity contribution in [2.45, 2.75) is 58.9 Å². The van der Waals surface area contributed by atoms with Gasteiger partial charge in [-0.15, -0.1) is 11.3 Å². The Balaban J connectivity index is 2.43. The number of hydrogen-bond acceptors (Lipinski definition) is 9. The molecule has 1 amide bonds. The standard InChI is InChI=1S/C16H26N2O7S3/c1-4-17-13-8-11(6-5-7-25-3)27(21,22)16-12(13)9-14(26-16)28(23,24)18-15(20)10(2)19/h9-11,13,17,19H,4-8H2,1-3H3,(H,18,20)/t10-,11?,13-/m0/s1. The molecular formula is C16H26N2O7S3. The van der Waals surface area contributed by atoms with Gasteiger partial charge in [0, 0.05) is 25.3 Å². The van der Waals surface area contributed by atoms with Crippen LogP contribution >= 0.6 is 11.3 Å². The summed E-state index contributed by atoms with van der Waals surface area (Å²) in [6, 6.07) is 0.997. The number of sulfonamides is 1. The molecule has 0 saturated heterocycles. The zero-order chi connectivity index (χ0) is 21.1. The van der Waals surface area contributed by atoms with Crippen molar-refractivity contribution < 1.29 is 31.5 Å². The van der Waals surface area contributed by atoms with Gasteiger partial charge in [-0.2, -0.15) is 0 Å². The minimum Gasteiger partial charge on any atom is -0.385 e. The first-order chi connectivity index (χ1) is 13.0. The monoisotopic (exact) mass is 454 g/mol. The zero-order valence-corrected chi connectivity index (χ0v) is 18.4. The molecule has 2 rings (SSSR count). The number of nitrogens with one attached hydrogen (secondary N) is 2. The van der Waals surface area contributed by atoms with Crippen LogP contribution in [0.2, 0.25) is 0 Å². The number of aliphatic hydroxyl groups is 1. The minimum atomic E-state index is -4.28. The van der Waals surface area contributed by atoms with Gasteiger partial charge in [0.25, 0.3) is 15.9 Å². The van der Waals surface area contributed by atoms with Gasteiger partial charge in [-0.3, -0.25) is 4.79 Å². The highest BCUT2D eigenvalue weighted by Gasteiger charge is 2.41. The van der Waals surface area contributed by atoms with Gasteiger partial charge in [0.2, 0.25) is 0 Å². The number of carbonyl (C=O) groups is 1. The van der Waals surface area contributed by atoms with Crippen LogP contribution in [0.25, 0.3) is 0 Å². The molecule has 0 spiro atoms. The van der Waals surface area contributed by atoms with E-state index < -0.39 is 37.1 Å². The van der Waals surface area contributed by atoms with Gasteiger partial charge >= 0.3 is 0 Å². The lowest BCUT2D eigenvalue weighted by Gasteiger charge is -2.29. The number of rotatable bonds is 9. The van der Waals surface area contributed by atoms with Gasteiger partial charge in [0.1, 0.15) is 14.5 Å². The molecule has 0 bridgehead atoms. The van der Waals surface area contributed by atoms with Crippen molar-refractivity contribution in [3.05, 3.63) is 11.6 Å². The fraction of sp³-hybridized carbons (Fsp3) is 0.688. The summed E-state index contributed by atoms with van der Waals surface area (Å²) in [5.41, 5.74) is 0.403. The van der Waals surface area contributed by atoms with Crippen LogP contribution in [0.3, 0.4) is 0 Å².